The predicted octanol–water partition coefficient (Wildman–Crippen LogP) is 0.791. The Morgan fingerprint density at radius 1 is 1.28 bits per heavy atom. The van der Waals surface area contributed by atoms with Crippen LogP contribution in [0, 0.1) is 12.3 Å². The molecule has 3 aliphatic rings. The van der Waals surface area contributed by atoms with E-state index < -0.39 is 5.41 Å². The molecule has 3 saturated heterocycles. The fraction of sp³-hybridized carbons (Fsp3) is 0.476. The summed E-state index contributed by atoms with van der Waals surface area (Å²) in [7, 11) is 0. The van der Waals surface area contributed by atoms with E-state index in [0.29, 0.717) is 57.6 Å². The molecule has 1 aromatic heterocycles. The fourth-order valence-corrected chi connectivity index (χ4v) is 4.56. The first-order valence-corrected chi connectivity index (χ1v) is 10.4. The fourth-order valence-electron chi connectivity index (χ4n) is 4.56. The lowest BCUT2D eigenvalue weighted by Crippen LogP contribution is -2.67. The number of benzene rings is 1. The van der Waals surface area contributed by atoms with Gasteiger partial charge in [-0.3, -0.25) is 14.5 Å². The monoisotopic (exact) mass is 443 g/mol. The van der Waals surface area contributed by atoms with Gasteiger partial charge in [-0.25, -0.2) is 4.79 Å². The van der Waals surface area contributed by atoms with Crippen LogP contribution in [0.4, 0.5) is 10.7 Å². The first-order chi connectivity index (χ1) is 15.5. The number of cyclic esters (lactones) is 1. The maximum absolute atomic E-state index is 13.6. The number of carbonyl (C=O) groups is 3. The summed E-state index contributed by atoms with van der Waals surface area (Å²) in [6.07, 6.45) is 0.378. The van der Waals surface area contributed by atoms with Crippen LogP contribution in [0.2, 0.25) is 0 Å². The number of carboxylic acid groups (broad SMARTS) is 1. The summed E-state index contributed by atoms with van der Waals surface area (Å²) in [5.41, 5.74) is 0.587. The highest BCUT2D eigenvalue weighted by Gasteiger charge is 2.53. The maximum atomic E-state index is 13.6. The zero-order chi connectivity index (χ0) is 22.7. The minimum absolute atomic E-state index is 0.0509. The van der Waals surface area contributed by atoms with Crippen LogP contribution in [-0.4, -0.2) is 88.9 Å². The van der Waals surface area contributed by atoms with Crippen LogP contribution in [0.3, 0.4) is 0 Å². The minimum Gasteiger partial charge on any atom is -0.483 e. The SMILES string of the molecule is Cc1nc(N2CC(Cc3ccccc3)(C(=O)N3CCN4C(=O)OCC4C3)C2)no1.O=CO. The first kappa shape index (κ1) is 21.6. The summed E-state index contributed by atoms with van der Waals surface area (Å²) >= 11 is 0. The molecule has 1 N–H and O–H groups in total. The van der Waals surface area contributed by atoms with Crippen LogP contribution in [0.5, 0.6) is 0 Å². The van der Waals surface area contributed by atoms with E-state index in [0.717, 1.165) is 5.56 Å². The second kappa shape index (κ2) is 8.85. The van der Waals surface area contributed by atoms with Crippen molar-refractivity contribution in [2.45, 2.75) is 19.4 Å². The topological polar surface area (TPSA) is 129 Å². The molecule has 1 unspecified atom stereocenters. The van der Waals surface area contributed by atoms with Gasteiger partial charge in [-0.1, -0.05) is 30.3 Å². The van der Waals surface area contributed by atoms with E-state index in [1.807, 2.05) is 28.0 Å². The lowest BCUT2D eigenvalue weighted by Gasteiger charge is -2.51. The Hall–Kier alpha value is -3.63. The largest absolute Gasteiger partial charge is 0.483 e. The molecule has 0 aliphatic carbocycles. The van der Waals surface area contributed by atoms with Gasteiger partial charge in [0.2, 0.25) is 11.8 Å². The summed E-state index contributed by atoms with van der Waals surface area (Å²) in [4.78, 5) is 43.7. The highest BCUT2D eigenvalue weighted by atomic mass is 16.6. The van der Waals surface area contributed by atoms with E-state index in [4.69, 9.17) is 19.2 Å². The number of carbonyl (C=O) groups excluding carboxylic acids is 2. The Bertz CT molecular complexity index is 974. The molecule has 1 atom stereocenters. The smallest absolute Gasteiger partial charge is 0.410 e. The molecule has 0 spiro atoms. The van der Waals surface area contributed by atoms with Crippen molar-refractivity contribution in [3.05, 3.63) is 41.8 Å². The Morgan fingerprint density at radius 3 is 2.66 bits per heavy atom. The van der Waals surface area contributed by atoms with Crippen molar-refractivity contribution in [2.24, 2.45) is 5.41 Å². The summed E-state index contributed by atoms with van der Waals surface area (Å²) in [6, 6.07) is 10.0. The van der Waals surface area contributed by atoms with Gasteiger partial charge in [0.05, 0.1) is 11.5 Å². The van der Waals surface area contributed by atoms with Crippen molar-refractivity contribution in [3.8, 4) is 0 Å². The molecule has 0 bridgehead atoms. The number of fused-ring (bicyclic) bond motifs is 1. The van der Waals surface area contributed by atoms with E-state index in [1.165, 1.54) is 0 Å². The highest BCUT2D eigenvalue weighted by Crippen LogP contribution is 2.39. The lowest BCUT2D eigenvalue weighted by atomic mass is 9.73. The van der Waals surface area contributed by atoms with Crippen molar-refractivity contribution in [3.63, 3.8) is 0 Å². The molecule has 11 heteroatoms. The third-order valence-electron chi connectivity index (χ3n) is 6.03. The standard InChI is InChI=1S/C20H23N5O4.CH2O2/c1-14-21-18(22-29-14)24-12-20(13-24,9-15-5-3-2-4-6-15)17(26)23-7-8-25-16(10-23)11-28-19(25)27;2-1-3/h2-6,16H,7-13H2,1H3;1H,(H,2,3). The van der Waals surface area contributed by atoms with Gasteiger partial charge in [-0.05, 0) is 17.1 Å². The van der Waals surface area contributed by atoms with Crippen molar-refractivity contribution < 1.29 is 28.8 Å². The van der Waals surface area contributed by atoms with Crippen molar-refractivity contribution >= 4 is 24.4 Å². The number of piperazine rings is 1. The predicted molar refractivity (Wildman–Crippen MR) is 111 cm³/mol. The Kier molecular flexibility index (Phi) is 5.97. The van der Waals surface area contributed by atoms with Gasteiger partial charge in [-0.2, -0.15) is 4.98 Å². The molecule has 11 nitrogen and oxygen atoms in total. The van der Waals surface area contributed by atoms with Crippen LogP contribution in [-0.2, 0) is 20.7 Å². The van der Waals surface area contributed by atoms with Crippen molar-refractivity contribution in [1.29, 1.82) is 0 Å². The zero-order valence-corrected chi connectivity index (χ0v) is 17.7. The van der Waals surface area contributed by atoms with Gasteiger partial charge in [-0.15, -0.1) is 0 Å². The van der Waals surface area contributed by atoms with Crippen LogP contribution in [0.1, 0.15) is 11.5 Å². The number of hydrogen-bond acceptors (Lipinski definition) is 8. The molecule has 32 heavy (non-hydrogen) atoms. The van der Waals surface area contributed by atoms with E-state index in [2.05, 4.69) is 22.3 Å². The van der Waals surface area contributed by atoms with Gasteiger partial charge in [0.15, 0.2) is 0 Å². The van der Waals surface area contributed by atoms with Crippen LogP contribution in [0.15, 0.2) is 34.9 Å². The summed E-state index contributed by atoms with van der Waals surface area (Å²) in [6.45, 7) is 4.50. The Labute approximate surface area is 184 Å². The van der Waals surface area contributed by atoms with Crippen LogP contribution >= 0.6 is 0 Å². The number of hydrogen-bond donors (Lipinski definition) is 1. The third-order valence-corrected chi connectivity index (χ3v) is 6.03. The molecule has 3 aliphatic heterocycles. The normalized spacial score (nSPS) is 21.1. The summed E-state index contributed by atoms with van der Waals surface area (Å²) in [5.74, 6) is 1.16. The molecule has 0 saturated carbocycles. The lowest BCUT2D eigenvalue weighted by molar-refractivity contribution is -0.146. The summed E-state index contributed by atoms with van der Waals surface area (Å²) in [5, 5.41) is 10.9. The van der Waals surface area contributed by atoms with E-state index in [1.54, 1.807) is 11.8 Å². The Balaban J connectivity index is 0.000000775. The number of amides is 2. The molecule has 2 amide bonds. The maximum Gasteiger partial charge on any atom is 0.410 e. The number of ether oxygens (including phenoxy) is 1. The number of rotatable bonds is 4. The molecular weight excluding hydrogens is 418 g/mol. The number of anilines is 1. The molecule has 3 fully saturated rings. The van der Waals surface area contributed by atoms with Crippen LogP contribution in [0.25, 0.3) is 0 Å². The molecule has 4 heterocycles. The number of nitrogens with zero attached hydrogens (tertiary/aromatic N) is 5. The average molecular weight is 443 g/mol. The third kappa shape index (κ3) is 4.10. The van der Waals surface area contributed by atoms with Gasteiger partial charge < -0.3 is 24.2 Å². The first-order valence-electron chi connectivity index (χ1n) is 10.4. The molecule has 170 valence electrons. The number of aryl methyl sites for hydroxylation is 1. The zero-order valence-electron chi connectivity index (χ0n) is 17.7. The quantitative estimate of drug-likeness (QED) is 0.682. The van der Waals surface area contributed by atoms with E-state index >= 15 is 0 Å². The Morgan fingerprint density at radius 2 is 2.00 bits per heavy atom. The number of aromatic nitrogens is 2. The second-order valence-corrected chi connectivity index (χ2v) is 8.19. The minimum atomic E-state index is -0.540. The van der Waals surface area contributed by atoms with Gasteiger partial charge >= 0.3 is 6.09 Å². The van der Waals surface area contributed by atoms with Crippen molar-refractivity contribution in [2.75, 3.05) is 44.2 Å². The molecular formula is C21H25N5O6. The molecule has 2 aromatic rings. The van der Waals surface area contributed by atoms with Crippen molar-refractivity contribution in [1.82, 2.24) is 19.9 Å². The second-order valence-electron chi connectivity index (χ2n) is 8.19. The van der Waals surface area contributed by atoms with Gasteiger partial charge in [0, 0.05) is 39.6 Å². The van der Waals surface area contributed by atoms with E-state index in [-0.39, 0.29) is 24.5 Å². The highest BCUT2D eigenvalue weighted by molar-refractivity contribution is 5.87. The van der Waals surface area contributed by atoms with Gasteiger partial charge in [0.1, 0.15) is 6.61 Å². The van der Waals surface area contributed by atoms with Crippen LogP contribution < -0.4 is 4.90 Å². The molecule has 0 radical (unpaired) electrons. The van der Waals surface area contributed by atoms with E-state index in [9.17, 15) is 9.59 Å². The molecule has 1 aromatic carbocycles. The average Bonchev–Trinajstić information content (AvgIpc) is 3.36. The van der Waals surface area contributed by atoms with Gasteiger partial charge in [0.25, 0.3) is 12.4 Å². The molecule has 5 rings (SSSR count). The summed E-state index contributed by atoms with van der Waals surface area (Å²) < 4.78 is 10.2.